The molecule has 0 unspecified atom stereocenters. The maximum absolute atomic E-state index is 10.7. The lowest BCUT2D eigenvalue weighted by molar-refractivity contribution is -0.131. The van der Waals surface area contributed by atoms with Crippen molar-refractivity contribution in [1.29, 1.82) is 5.26 Å². The molecule has 0 amide bonds. The van der Waals surface area contributed by atoms with Crippen molar-refractivity contribution in [2.45, 2.75) is 6.92 Å². The Kier molecular flexibility index (Phi) is 4.92. The van der Waals surface area contributed by atoms with Crippen LogP contribution in [0.2, 0.25) is 0 Å². The van der Waals surface area contributed by atoms with E-state index in [4.69, 9.17) is 15.1 Å². The van der Waals surface area contributed by atoms with Crippen LogP contribution >= 0.6 is 0 Å². The monoisotopic (exact) mass is 231 g/mol. The Bertz CT molecular complexity index is 472. The van der Waals surface area contributed by atoms with Gasteiger partial charge in [-0.05, 0) is 30.2 Å². The molecule has 0 radical (unpaired) electrons. The second-order valence-corrected chi connectivity index (χ2v) is 3.34. The lowest BCUT2D eigenvalue weighted by atomic mass is 10.0. The fourth-order valence-corrected chi connectivity index (χ4v) is 1.36. The Morgan fingerprint density at radius 1 is 1.59 bits per heavy atom. The Labute approximate surface area is 99.8 Å². The average Bonchev–Trinajstić information content (AvgIpc) is 2.34. The van der Waals surface area contributed by atoms with Gasteiger partial charge in [-0.3, -0.25) is 0 Å². The zero-order valence-electron chi connectivity index (χ0n) is 9.51. The van der Waals surface area contributed by atoms with Gasteiger partial charge in [0.2, 0.25) is 0 Å². The fraction of sp³-hybridized carbons (Fsp3) is 0.231. The van der Waals surface area contributed by atoms with E-state index in [0.717, 1.165) is 6.08 Å². The second kappa shape index (κ2) is 6.46. The van der Waals surface area contributed by atoms with Crippen LogP contribution in [0.15, 0.2) is 30.3 Å². The van der Waals surface area contributed by atoms with Gasteiger partial charge in [-0.2, -0.15) is 5.26 Å². The number of nitriles is 1. The fourth-order valence-electron chi connectivity index (χ4n) is 1.36. The molecule has 0 aromatic heterocycles. The summed E-state index contributed by atoms with van der Waals surface area (Å²) in [6.07, 6.45) is 1.10. The molecular formula is C13H13NO3. The summed E-state index contributed by atoms with van der Waals surface area (Å²) in [6, 6.07) is 8.81. The maximum Gasteiger partial charge on any atom is 0.328 e. The van der Waals surface area contributed by atoms with E-state index >= 15 is 0 Å². The lowest BCUT2D eigenvalue weighted by Crippen LogP contribution is -2.01. The molecular weight excluding hydrogens is 218 g/mol. The van der Waals surface area contributed by atoms with E-state index in [1.807, 2.05) is 13.0 Å². The molecule has 1 aromatic rings. The highest BCUT2D eigenvalue weighted by atomic mass is 16.5. The third kappa shape index (κ3) is 4.09. The normalized spacial score (nSPS) is 10.9. The zero-order chi connectivity index (χ0) is 12.7. The zero-order valence-corrected chi connectivity index (χ0v) is 9.51. The first kappa shape index (κ1) is 12.9. The highest BCUT2D eigenvalue weighted by Gasteiger charge is 2.05. The molecule has 0 aliphatic heterocycles. The first-order valence-electron chi connectivity index (χ1n) is 5.19. The van der Waals surface area contributed by atoms with Crippen molar-refractivity contribution in [1.82, 2.24) is 0 Å². The molecule has 0 fully saturated rings. The van der Waals surface area contributed by atoms with E-state index in [2.05, 4.69) is 0 Å². The van der Waals surface area contributed by atoms with Gasteiger partial charge in [0.25, 0.3) is 0 Å². The number of hydrogen-bond acceptors (Lipinski definition) is 3. The van der Waals surface area contributed by atoms with Gasteiger partial charge < -0.3 is 9.84 Å². The summed E-state index contributed by atoms with van der Waals surface area (Å²) in [5.41, 5.74) is 1.74. The van der Waals surface area contributed by atoms with Gasteiger partial charge >= 0.3 is 5.97 Å². The topological polar surface area (TPSA) is 70.3 Å². The summed E-state index contributed by atoms with van der Waals surface area (Å²) in [4.78, 5) is 10.7. The second-order valence-electron chi connectivity index (χ2n) is 3.34. The number of hydrogen-bond donors (Lipinski definition) is 1. The van der Waals surface area contributed by atoms with Crippen LogP contribution in [-0.2, 0) is 9.53 Å². The van der Waals surface area contributed by atoms with Crippen molar-refractivity contribution >= 4 is 11.5 Å². The van der Waals surface area contributed by atoms with Crippen LogP contribution in [0.5, 0.6) is 0 Å². The predicted molar refractivity (Wildman–Crippen MR) is 63.3 cm³/mol. The maximum atomic E-state index is 10.7. The molecule has 17 heavy (non-hydrogen) atoms. The molecule has 1 N–H and O–H groups in total. The number of nitrogens with zero attached hydrogens (tertiary/aromatic N) is 1. The summed E-state index contributed by atoms with van der Waals surface area (Å²) < 4.78 is 5.21. The molecule has 88 valence electrons. The molecule has 0 atom stereocenters. The number of ether oxygens (including phenoxy) is 1. The predicted octanol–water partition coefficient (Wildman–Crippen LogP) is 2.06. The van der Waals surface area contributed by atoms with Gasteiger partial charge in [-0.1, -0.05) is 12.1 Å². The molecule has 0 aliphatic rings. The summed E-state index contributed by atoms with van der Waals surface area (Å²) in [7, 11) is 0. The summed E-state index contributed by atoms with van der Waals surface area (Å²) in [5, 5.41) is 17.6. The molecule has 1 aromatic carbocycles. The average molecular weight is 231 g/mol. The Morgan fingerprint density at radius 2 is 2.35 bits per heavy atom. The molecule has 4 nitrogen and oxygen atoms in total. The molecule has 1 rings (SSSR count). The van der Waals surface area contributed by atoms with Crippen molar-refractivity contribution in [2.75, 3.05) is 13.2 Å². The SMILES string of the molecule is CCOCC(=CC(=O)O)c1cccc(C#N)c1. The van der Waals surface area contributed by atoms with E-state index < -0.39 is 5.97 Å². The molecule has 0 spiro atoms. The van der Waals surface area contributed by atoms with Crippen LogP contribution in [0.3, 0.4) is 0 Å². The van der Waals surface area contributed by atoms with Gasteiger partial charge in [-0.25, -0.2) is 4.79 Å². The largest absolute Gasteiger partial charge is 0.478 e. The first-order valence-corrected chi connectivity index (χ1v) is 5.19. The van der Waals surface area contributed by atoms with Gasteiger partial charge in [0, 0.05) is 12.7 Å². The Hall–Kier alpha value is -2.12. The molecule has 0 heterocycles. The molecule has 0 aliphatic carbocycles. The van der Waals surface area contributed by atoms with Crippen LogP contribution in [0.1, 0.15) is 18.1 Å². The molecule has 0 saturated carbocycles. The lowest BCUT2D eigenvalue weighted by Gasteiger charge is -2.07. The number of rotatable bonds is 5. The minimum Gasteiger partial charge on any atom is -0.478 e. The number of carbonyl (C=O) groups is 1. The van der Waals surface area contributed by atoms with Gasteiger partial charge in [0.05, 0.1) is 18.2 Å². The minimum absolute atomic E-state index is 0.220. The minimum atomic E-state index is -1.03. The number of aliphatic carboxylic acids is 1. The quantitative estimate of drug-likeness (QED) is 0.787. The van der Waals surface area contributed by atoms with Crippen molar-refractivity contribution in [2.24, 2.45) is 0 Å². The van der Waals surface area contributed by atoms with Crippen LogP contribution in [-0.4, -0.2) is 24.3 Å². The smallest absolute Gasteiger partial charge is 0.328 e. The molecule has 0 saturated heterocycles. The van der Waals surface area contributed by atoms with E-state index in [0.29, 0.717) is 23.3 Å². The third-order valence-electron chi connectivity index (χ3n) is 2.12. The van der Waals surface area contributed by atoms with Crippen LogP contribution in [0.4, 0.5) is 0 Å². The molecule has 4 heteroatoms. The summed E-state index contributed by atoms with van der Waals surface area (Å²) in [6.45, 7) is 2.57. The number of carboxylic acid groups (broad SMARTS) is 1. The summed E-state index contributed by atoms with van der Waals surface area (Å²) in [5.74, 6) is -1.03. The third-order valence-corrected chi connectivity index (χ3v) is 2.12. The van der Waals surface area contributed by atoms with E-state index in [9.17, 15) is 4.79 Å². The van der Waals surface area contributed by atoms with Crippen LogP contribution < -0.4 is 0 Å². The van der Waals surface area contributed by atoms with Crippen molar-refractivity contribution < 1.29 is 14.6 Å². The van der Waals surface area contributed by atoms with Crippen molar-refractivity contribution in [3.8, 4) is 6.07 Å². The van der Waals surface area contributed by atoms with E-state index in [1.54, 1.807) is 24.3 Å². The van der Waals surface area contributed by atoms with Gasteiger partial charge in [0.1, 0.15) is 0 Å². The summed E-state index contributed by atoms with van der Waals surface area (Å²) >= 11 is 0. The number of carboxylic acids is 1. The highest BCUT2D eigenvalue weighted by Crippen LogP contribution is 2.16. The Balaban J connectivity index is 3.04. The van der Waals surface area contributed by atoms with Crippen LogP contribution in [0.25, 0.3) is 5.57 Å². The van der Waals surface area contributed by atoms with Crippen molar-refractivity contribution in [3.05, 3.63) is 41.5 Å². The first-order chi connectivity index (χ1) is 8.17. The Morgan fingerprint density at radius 3 is 2.94 bits per heavy atom. The molecule has 0 bridgehead atoms. The van der Waals surface area contributed by atoms with Gasteiger partial charge in [-0.15, -0.1) is 0 Å². The standard InChI is InChI=1S/C13H13NO3/c1-2-17-9-12(7-13(15)16)11-5-3-4-10(6-11)8-14/h3-7H,2,9H2,1H3,(H,15,16). The number of benzene rings is 1. The van der Waals surface area contributed by atoms with Crippen molar-refractivity contribution in [3.63, 3.8) is 0 Å². The highest BCUT2D eigenvalue weighted by molar-refractivity contribution is 5.90. The van der Waals surface area contributed by atoms with Gasteiger partial charge in [0.15, 0.2) is 0 Å². The van der Waals surface area contributed by atoms with E-state index in [1.165, 1.54) is 0 Å². The van der Waals surface area contributed by atoms with E-state index in [-0.39, 0.29) is 6.61 Å². The van der Waals surface area contributed by atoms with Crippen LogP contribution in [0, 0.1) is 11.3 Å².